The fourth-order valence-electron chi connectivity index (χ4n) is 2.09. The number of nitrogens with one attached hydrogen (secondary N) is 1. The molecule has 2 aromatic heterocycles. The summed E-state index contributed by atoms with van der Waals surface area (Å²) in [5.74, 6) is 0.990. The molecule has 0 unspecified atom stereocenters. The molecule has 7 nitrogen and oxygen atoms in total. The number of carbonyl (C=O) groups is 1. The Morgan fingerprint density at radius 2 is 2.00 bits per heavy atom. The summed E-state index contributed by atoms with van der Waals surface area (Å²) in [5.41, 5.74) is 1.35. The van der Waals surface area contributed by atoms with Crippen LogP contribution in [0.3, 0.4) is 0 Å². The Morgan fingerprint density at radius 1 is 1.25 bits per heavy atom. The Hall–Kier alpha value is -2.96. The number of carbonyl (C=O) groups excluding carboxylic acids is 1. The smallest absolute Gasteiger partial charge is 0.246 e. The Labute approximate surface area is 139 Å². The van der Waals surface area contributed by atoms with Gasteiger partial charge in [-0.3, -0.25) is 9.48 Å². The van der Waals surface area contributed by atoms with E-state index in [2.05, 4.69) is 20.6 Å². The maximum Gasteiger partial charge on any atom is 0.246 e. The second-order valence-electron chi connectivity index (χ2n) is 6.50. The first-order valence-electron chi connectivity index (χ1n) is 7.64. The first-order chi connectivity index (χ1) is 11.4. The molecular weight excluding hydrogens is 306 g/mol. The average Bonchev–Trinajstić information content (AvgIpc) is 3.18. The van der Waals surface area contributed by atoms with Crippen LogP contribution >= 0.6 is 0 Å². The lowest BCUT2D eigenvalue weighted by Gasteiger charge is -2.10. The van der Waals surface area contributed by atoms with Gasteiger partial charge in [-0.25, -0.2) is 0 Å². The number of anilines is 1. The zero-order chi connectivity index (χ0) is 17.2. The molecule has 7 heteroatoms. The minimum atomic E-state index is -0.189. The van der Waals surface area contributed by atoms with Crippen molar-refractivity contribution in [1.29, 1.82) is 0 Å². The second-order valence-corrected chi connectivity index (χ2v) is 6.50. The van der Waals surface area contributed by atoms with E-state index in [9.17, 15) is 4.79 Å². The molecule has 0 radical (unpaired) electrons. The summed E-state index contributed by atoms with van der Waals surface area (Å²) in [4.78, 5) is 16.4. The number of nitrogens with zero attached hydrogens (tertiary/aromatic N) is 4. The highest BCUT2D eigenvalue weighted by molar-refractivity contribution is 5.90. The van der Waals surface area contributed by atoms with E-state index in [1.807, 2.05) is 45.0 Å². The Morgan fingerprint density at radius 3 is 2.58 bits per heavy atom. The van der Waals surface area contributed by atoms with Gasteiger partial charge in [-0.2, -0.15) is 10.1 Å². The van der Waals surface area contributed by atoms with Crippen molar-refractivity contribution < 1.29 is 9.32 Å². The molecule has 0 spiro atoms. The van der Waals surface area contributed by atoms with Gasteiger partial charge in [0.15, 0.2) is 0 Å². The van der Waals surface area contributed by atoms with E-state index >= 15 is 0 Å². The number of hydrogen-bond acceptors (Lipinski definition) is 5. The molecule has 0 atom stereocenters. The predicted octanol–water partition coefficient (Wildman–Crippen LogP) is 2.87. The molecule has 2 heterocycles. The molecule has 3 rings (SSSR count). The quantitative estimate of drug-likeness (QED) is 0.797. The third-order valence-corrected chi connectivity index (χ3v) is 3.36. The molecule has 0 saturated carbocycles. The molecule has 0 bridgehead atoms. The molecule has 1 amide bonds. The molecule has 1 N–H and O–H groups in total. The summed E-state index contributed by atoms with van der Waals surface area (Å²) in [5, 5.41) is 10.8. The van der Waals surface area contributed by atoms with Gasteiger partial charge in [-0.15, -0.1) is 0 Å². The Kier molecular flexibility index (Phi) is 4.16. The van der Waals surface area contributed by atoms with Crippen LogP contribution in [-0.4, -0.2) is 25.8 Å². The van der Waals surface area contributed by atoms with Crippen molar-refractivity contribution in [3.8, 4) is 11.4 Å². The lowest BCUT2D eigenvalue weighted by atomic mass is 9.97. The second kappa shape index (κ2) is 6.27. The molecule has 1 aromatic carbocycles. The zero-order valence-corrected chi connectivity index (χ0v) is 13.9. The first kappa shape index (κ1) is 15.9. The minimum absolute atomic E-state index is 0.138. The Balaban J connectivity index is 1.67. The zero-order valence-electron chi connectivity index (χ0n) is 13.9. The van der Waals surface area contributed by atoms with Gasteiger partial charge < -0.3 is 9.84 Å². The molecule has 0 fully saturated rings. The van der Waals surface area contributed by atoms with Crippen molar-refractivity contribution in [2.75, 3.05) is 5.32 Å². The van der Waals surface area contributed by atoms with Crippen molar-refractivity contribution in [1.82, 2.24) is 19.9 Å². The molecular formula is C17H19N5O2. The van der Waals surface area contributed by atoms with Gasteiger partial charge in [0.25, 0.3) is 0 Å². The molecule has 124 valence electrons. The van der Waals surface area contributed by atoms with Gasteiger partial charge in [0.05, 0.1) is 0 Å². The van der Waals surface area contributed by atoms with E-state index < -0.39 is 0 Å². The van der Waals surface area contributed by atoms with Crippen molar-refractivity contribution >= 4 is 11.6 Å². The highest BCUT2D eigenvalue weighted by atomic mass is 16.5. The van der Waals surface area contributed by atoms with E-state index in [1.54, 1.807) is 23.1 Å². The topological polar surface area (TPSA) is 85.8 Å². The third kappa shape index (κ3) is 3.68. The molecule has 0 aliphatic rings. The standard InChI is InChI=1S/C17H19N5O2/c1-17(2,3)16-20-15(21-24-16)12-5-7-13(8-6-12)19-14(23)11-22-10-4-9-18-22/h4-10H,11H2,1-3H3,(H,19,23). The van der Waals surface area contributed by atoms with Crippen LogP contribution in [0.15, 0.2) is 47.2 Å². The van der Waals surface area contributed by atoms with Gasteiger partial charge in [0.1, 0.15) is 6.54 Å². The van der Waals surface area contributed by atoms with Gasteiger partial charge in [-0.05, 0) is 30.3 Å². The largest absolute Gasteiger partial charge is 0.338 e. The van der Waals surface area contributed by atoms with Crippen molar-refractivity contribution in [3.05, 3.63) is 48.6 Å². The number of amides is 1. The molecule has 24 heavy (non-hydrogen) atoms. The lowest BCUT2D eigenvalue weighted by molar-refractivity contribution is -0.116. The van der Waals surface area contributed by atoms with Crippen molar-refractivity contribution in [2.24, 2.45) is 0 Å². The fraction of sp³-hybridized carbons (Fsp3) is 0.294. The number of rotatable bonds is 4. The van der Waals surface area contributed by atoms with Gasteiger partial charge in [0, 0.05) is 29.1 Å². The summed E-state index contributed by atoms with van der Waals surface area (Å²) < 4.78 is 6.86. The average molecular weight is 325 g/mol. The Bertz CT molecular complexity index is 814. The van der Waals surface area contributed by atoms with Crippen molar-refractivity contribution in [3.63, 3.8) is 0 Å². The van der Waals surface area contributed by atoms with Gasteiger partial charge in [0.2, 0.25) is 17.6 Å². The number of aromatic nitrogens is 4. The van der Waals surface area contributed by atoms with Crippen LogP contribution in [-0.2, 0) is 16.8 Å². The molecule has 0 aliphatic carbocycles. The molecule has 3 aromatic rings. The normalized spacial score (nSPS) is 11.5. The first-order valence-corrected chi connectivity index (χ1v) is 7.64. The van der Waals surface area contributed by atoms with E-state index in [4.69, 9.17) is 4.52 Å². The predicted molar refractivity (Wildman–Crippen MR) is 89.3 cm³/mol. The summed E-state index contributed by atoms with van der Waals surface area (Å²) >= 11 is 0. The van der Waals surface area contributed by atoms with Crippen LogP contribution < -0.4 is 5.32 Å². The number of benzene rings is 1. The van der Waals surface area contributed by atoms with Gasteiger partial charge in [-0.1, -0.05) is 25.9 Å². The third-order valence-electron chi connectivity index (χ3n) is 3.36. The van der Waals surface area contributed by atoms with Crippen molar-refractivity contribution in [2.45, 2.75) is 32.7 Å². The maximum absolute atomic E-state index is 11.9. The molecule has 0 saturated heterocycles. The minimum Gasteiger partial charge on any atom is -0.338 e. The van der Waals surface area contributed by atoms with Crippen LogP contribution in [0.2, 0.25) is 0 Å². The van der Waals surface area contributed by atoms with Crippen LogP contribution in [0.1, 0.15) is 26.7 Å². The summed E-state index contributed by atoms with van der Waals surface area (Å²) in [6, 6.07) is 9.09. The van der Waals surface area contributed by atoms with E-state index in [1.165, 1.54) is 0 Å². The van der Waals surface area contributed by atoms with Crippen LogP contribution in [0.4, 0.5) is 5.69 Å². The number of hydrogen-bond donors (Lipinski definition) is 1. The monoisotopic (exact) mass is 325 g/mol. The molecule has 0 aliphatic heterocycles. The SMILES string of the molecule is CC(C)(C)c1nc(-c2ccc(NC(=O)Cn3cccn3)cc2)no1. The van der Waals surface area contributed by atoms with Crippen LogP contribution in [0.25, 0.3) is 11.4 Å². The summed E-state index contributed by atoms with van der Waals surface area (Å²) in [6.45, 7) is 6.22. The van der Waals surface area contributed by atoms with Crippen LogP contribution in [0, 0.1) is 0 Å². The van der Waals surface area contributed by atoms with E-state index in [-0.39, 0.29) is 17.9 Å². The highest BCUT2D eigenvalue weighted by Crippen LogP contribution is 2.24. The highest BCUT2D eigenvalue weighted by Gasteiger charge is 2.22. The maximum atomic E-state index is 11.9. The summed E-state index contributed by atoms with van der Waals surface area (Å²) in [6.07, 6.45) is 3.38. The lowest BCUT2D eigenvalue weighted by Crippen LogP contribution is -2.18. The van der Waals surface area contributed by atoms with E-state index in [0.29, 0.717) is 17.4 Å². The van der Waals surface area contributed by atoms with Crippen LogP contribution in [0.5, 0.6) is 0 Å². The van der Waals surface area contributed by atoms with Gasteiger partial charge >= 0.3 is 0 Å². The van der Waals surface area contributed by atoms with E-state index in [0.717, 1.165) is 5.56 Å². The fourth-order valence-corrected chi connectivity index (χ4v) is 2.09. The summed E-state index contributed by atoms with van der Waals surface area (Å²) in [7, 11) is 0.